The van der Waals surface area contributed by atoms with E-state index >= 15 is 0 Å². The van der Waals surface area contributed by atoms with Crippen LogP contribution in [-0.4, -0.2) is 78.2 Å². The van der Waals surface area contributed by atoms with Crippen molar-refractivity contribution in [1.82, 2.24) is 25.4 Å². The number of carboxylic acid groups (broad SMARTS) is 1. The third-order valence-corrected chi connectivity index (χ3v) is 8.47. The summed E-state index contributed by atoms with van der Waals surface area (Å²) in [6, 6.07) is -0.906. The summed E-state index contributed by atoms with van der Waals surface area (Å²) in [5.41, 5.74) is 7.92. The standard InChI is InChI=1S/C17H17N7O5S4/c1-2-29-23-9(8-5-31-16(18)20-8)12(25)21-10-13(26)24-11(15(27)28)7(3-30-14(10)24)4-32-17-22-19-6-33-17/h5-6,10,14H,2-4H2,1H3,(H2,18,20)(H,21,25)(H,27,28)/t10?,14-/m0/s1. The molecule has 174 valence electrons. The van der Waals surface area contributed by atoms with Gasteiger partial charge < -0.3 is 21.0 Å². The number of nitrogens with one attached hydrogen (secondary N) is 1. The van der Waals surface area contributed by atoms with Gasteiger partial charge in [0.2, 0.25) is 0 Å². The first-order valence-electron chi connectivity index (χ1n) is 9.41. The summed E-state index contributed by atoms with van der Waals surface area (Å²) in [6.45, 7) is 1.94. The fraction of sp³-hybridized carbons (Fsp3) is 0.353. The van der Waals surface area contributed by atoms with E-state index in [2.05, 4.69) is 25.7 Å². The van der Waals surface area contributed by atoms with Crippen LogP contribution in [0.5, 0.6) is 0 Å². The fourth-order valence-corrected chi connectivity index (χ4v) is 6.63. The Morgan fingerprint density at radius 1 is 1.45 bits per heavy atom. The third-order valence-electron chi connectivity index (χ3n) is 4.51. The Balaban J connectivity index is 1.49. The summed E-state index contributed by atoms with van der Waals surface area (Å²) >= 11 is 5.24. The zero-order valence-corrected chi connectivity index (χ0v) is 20.2. The Bertz CT molecular complexity index is 1130. The Morgan fingerprint density at radius 3 is 2.91 bits per heavy atom. The first-order valence-corrected chi connectivity index (χ1v) is 13.2. The number of rotatable bonds is 9. The van der Waals surface area contributed by atoms with Crippen molar-refractivity contribution in [1.29, 1.82) is 0 Å². The largest absolute Gasteiger partial charge is 0.477 e. The van der Waals surface area contributed by atoms with E-state index in [-0.39, 0.29) is 28.8 Å². The maximum Gasteiger partial charge on any atom is 0.352 e. The van der Waals surface area contributed by atoms with Crippen molar-refractivity contribution in [3.05, 3.63) is 27.9 Å². The number of anilines is 1. The molecule has 2 amide bonds. The molecule has 4 heterocycles. The van der Waals surface area contributed by atoms with Crippen LogP contribution in [0.15, 0.2) is 31.7 Å². The fourth-order valence-electron chi connectivity index (χ4n) is 3.11. The van der Waals surface area contributed by atoms with E-state index in [0.717, 1.165) is 11.3 Å². The molecule has 2 aliphatic heterocycles. The molecule has 0 spiro atoms. The van der Waals surface area contributed by atoms with Crippen LogP contribution in [0, 0.1) is 0 Å². The van der Waals surface area contributed by atoms with Gasteiger partial charge in [0, 0.05) is 16.9 Å². The number of thiazole rings is 1. The highest BCUT2D eigenvalue weighted by Crippen LogP contribution is 2.41. The minimum absolute atomic E-state index is 0.0539. The number of nitrogens with two attached hydrogens (primary N) is 1. The van der Waals surface area contributed by atoms with E-state index in [1.54, 1.807) is 17.8 Å². The van der Waals surface area contributed by atoms with Crippen molar-refractivity contribution in [3.8, 4) is 0 Å². The predicted molar refractivity (Wildman–Crippen MR) is 125 cm³/mol. The van der Waals surface area contributed by atoms with Crippen LogP contribution in [0.2, 0.25) is 0 Å². The third kappa shape index (κ3) is 4.83. The lowest BCUT2D eigenvalue weighted by Gasteiger charge is -2.49. The highest BCUT2D eigenvalue weighted by atomic mass is 32.2. The summed E-state index contributed by atoms with van der Waals surface area (Å²) in [5.74, 6) is -1.59. The number of fused-ring (bicyclic) bond motifs is 1. The Morgan fingerprint density at radius 2 is 2.27 bits per heavy atom. The maximum absolute atomic E-state index is 12.9. The average Bonchev–Trinajstić information content (AvgIpc) is 3.47. The number of carboxylic acids is 1. The lowest BCUT2D eigenvalue weighted by Crippen LogP contribution is -2.71. The molecule has 1 saturated heterocycles. The molecule has 2 aromatic heterocycles. The number of thioether (sulfide) groups is 2. The van der Waals surface area contributed by atoms with Gasteiger partial charge in [-0.1, -0.05) is 28.3 Å². The summed E-state index contributed by atoms with van der Waals surface area (Å²) in [7, 11) is 0. The topological polar surface area (TPSA) is 173 Å². The van der Waals surface area contributed by atoms with Crippen molar-refractivity contribution < 1.29 is 24.3 Å². The number of hydrogen-bond acceptors (Lipinski definition) is 13. The van der Waals surface area contributed by atoms with Crippen molar-refractivity contribution in [2.75, 3.05) is 23.8 Å². The van der Waals surface area contributed by atoms with Gasteiger partial charge in [-0.2, -0.15) is 0 Å². The zero-order chi connectivity index (χ0) is 23.5. The molecular weight excluding hydrogens is 510 g/mol. The molecule has 12 nitrogen and oxygen atoms in total. The second-order valence-corrected chi connectivity index (χ2v) is 10.6. The summed E-state index contributed by atoms with van der Waals surface area (Å²) in [5, 5.41) is 25.2. The number of hydrogen-bond donors (Lipinski definition) is 3. The van der Waals surface area contributed by atoms with Gasteiger partial charge in [0.25, 0.3) is 11.8 Å². The van der Waals surface area contributed by atoms with Crippen LogP contribution in [0.3, 0.4) is 0 Å². The maximum atomic E-state index is 12.9. The molecule has 33 heavy (non-hydrogen) atoms. The number of amides is 2. The lowest BCUT2D eigenvalue weighted by atomic mass is 10.0. The minimum atomic E-state index is -1.19. The van der Waals surface area contributed by atoms with Crippen LogP contribution in [-0.2, 0) is 19.2 Å². The van der Waals surface area contributed by atoms with Gasteiger partial charge in [0.05, 0.1) is 0 Å². The number of β-lactam (4-membered cyclic amide) rings is 1. The van der Waals surface area contributed by atoms with E-state index in [9.17, 15) is 19.5 Å². The molecule has 16 heteroatoms. The normalized spacial score (nSPS) is 20.3. The molecule has 4 rings (SSSR count). The molecule has 1 fully saturated rings. The van der Waals surface area contributed by atoms with Crippen molar-refractivity contribution in [2.45, 2.75) is 22.7 Å². The van der Waals surface area contributed by atoms with E-state index in [4.69, 9.17) is 10.6 Å². The van der Waals surface area contributed by atoms with Gasteiger partial charge in [-0.05, 0) is 12.5 Å². The summed E-state index contributed by atoms with van der Waals surface area (Å²) in [4.78, 5) is 48.0. The number of carbonyl (C=O) groups excluding carboxylic acids is 2. The van der Waals surface area contributed by atoms with Gasteiger partial charge in [-0.3, -0.25) is 14.5 Å². The molecule has 2 atom stereocenters. The Labute approximate surface area is 203 Å². The summed E-state index contributed by atoms with van der Waals surface area (Å²) < 4.78 is 0.711. The average molecular weight is 528 g/mol. The van der Waals surface area contributed by atoms with Crippen molar-refractivity contribution in [2.24, 2.45) is 5.16 Å². The molecule has 0 bridgehead atoms. The molecule has 2 aliphatic rings. The van der Waals surface area contributed by atoms with Crippen LogP contribution < -0.4 is 11.1 Å². The monoisotopic (exact) mass is 527 g/mol. The zero-order valence-electron chi connectivity index (χ0n) is 17.0. The van der Waals surface area contributed by atoms with Gasteiger partial charge in [-0.25, -0.2) is 9.78 Å². The van der Waals surface area contributed by atoms with E-state index < -0.39 is 29.2 Å². The first-order chi connectivity index (χ1) is 15.9. The molecule has 1 unspecified atom stereocenters. The van der Waals surface area contributed by atoms with Crippen LogP contribution >= 0.6 is 46.2 Å². The molecule has 0 aromatic carbocycles. The van der Waals surface area contributed by atoms with E-state index in [1.807, 2.05) is 0 Å². The SMILES string of the molecule is CCON=C(C(=O)NC1C(=O)N2C(C(=O)O)=C(CSc3nncs3)CS[C@@H]12)c1csc(N)n1. The lowest BCUT2D eigenvalue weighted by molar-refractivity contribution is -0.150. The number of aliphatic carboxylic acids is 1. The van der Waals surface area contributed by atoms with E-state index in [0.29, 0.717) is 21.4 Å². The van der Waals surface area contributed by atoms with Gasteiger partial charge in [0.15, 0.2) is 15.2 Å². The highest BCUT2D eigenvalue weighted by molar-refractivity contribution is 8.01. The molecule has 4 N–H and O–H groups in total. The van der Waals surface area contributed by atoms with Crippen LogP contribution in [0.1, 0.15) is 12.6 Å². The van der Waals surface area contributed by atoms with Gasteiger partial charge in [-0.15, -0.1) is 33.3 Å². The molecule has 0 aliphatic carbocycles. The molecule has 0 saturated carbocycles. The number of oxime groups is 1. The number of nitrogen functional groups attached to an aromatic ring is 1. The van der Waals surface area contributed by atoms with Gasteiger partial charge in [0.1, 0.15) is 34.9 Å². The predicted octanol–water partition coefficient (Wildman–Crippen LogP) is 0.848. The Hall–Kier alpha value is -2.69. The van der Waals surface area contributed by atoms with Crippen LogP contribution in [0.4, 0.5) is 5.13 Å². The smallest absolute Gasteiger partial charge is 0.352 e. The Kier molecular flexibility index (Phi) is 7.16. The second kappa shape index (κ2) is 10.1. The number of carbonyl (C=O) groups is 3. The quantitative estimate of drug-likeness (QED) is 0.183. The van der Waals surface area contributed by atoms with Crippen LogP contribution in [0.25, 0.3) is 0 Å². The summed E-state index contributed by atoms with van der Waals surface area (Å²) in [6.07, 6.45) is 0. The van der Waals surface area contributed by atoms with Gasteiger partial charge >= 0.3 is 5.97 Å². The van der Waals surface area contributed by atoms with Crippen molar-refractivity contribution in [3.63, 3.8) is 0 Å². The number of aromatic nitrogens is 3. The number of nitrogens with zero attached hydrogens (tertiary/aromatic N) is 5. The second-order valence-electron chi connectivity index (χ2n) is 6.54. The first kappa shape index (κ1) is 23.5. The molecular formula is C17H17N7O5S4. The molecule has 0 radical (unpaired) electrons. The van der Waals surface area contributed by atoms with Crippen molar-refractivity contribution >= 4 is 74.8 Å². The van der Waals surface area contributed by atoms with E-state index in [1.165, 1.54) is 39.8 Å². The molecule has 2 aromatic rings. The highest BCUT2D eigenvalue weighted by Gasteiger charge is 2.54. The minimum Gasteiger partial charge on any atom is -0.477 e.